The van der Waals surface area contributed by atoms with Crippen molar-refractivity contribution >= 4 is 5.97 Å². The monoisotopic (exact) mass is 198 g/mol. The first-order valence-corrected chi connectivity index (χ1v) is 4.41. The first-order valence-electron chi connectivity index (χ1n) is 4.41. The largest absolute Gasteiger partial charge is 0.481 e. The minimum Gasteiger partial charge on any atom is -0.481 e. The van der Waals surface area contributed by atoms with E-state index in [1.54, 1.807) is 17.9 Å². The molecule has 14 heavy (non-hydrogen) atoms. The van der Waals surface area contributed by atoms with Gasteiger partial charge in [-0.3, -0.25) is 9.48 Å². The Balaban J connectivity index is 2.59. The van der Waals surface area contributed by atoms with E-state index in [0.717, 1.165) is 0 Å². The summed E-state index contributed by atoms with van der Waals surface area (Å²) in [5.74, 6) is -1.29. The van der Waals surface area contributed by atoms with E-state index in [1.807, 2.05) is 0 Å². The molecule has 1 aromatic heterocycles. The molecule has 0 spiro atoms. The molecule has 0 aliphatic heterocycles. The number of aromatic nitrogens is 3. The number of nitrogens with zero attached hydrogens (tertiary/aromatic N) is 3. The summed E-state index contributed by atoms with van der Waals surface area (Å²) in [6, 6.07) is 0. The van der Waals surface area contributed by atoms with Gasteiger partial charge >= 0.3 is 5.97 Å². The highest BCUT2D eigenvalue weighted by Gasteiger charge is 2.18. The SMILES string of the molecule is Cn1cc(CC(CCN)C(=O)O)nn1. The summed E-state index contributed by atoms with van der Waals surface area (Å²) in [6.45, 7) is 0.372. The molecule has 1 rings (SSSR count). The number of carboxylic acid groups (broad SMARTS) is 1. The second-order valence-electron chi connectivity index (χ2n) is 3.20. The van der Waals surface area contributed by atoms with Gasteiger partial charge in [0, 0.05) is 19.7 Å². The van der Waals surface area contributed by atoms with Crippen molar-refractivity contribution in [3.8, 4) is 0 Å². The minimum atomic E-state index is -0.832. The van der Waals surface area contributed by atoms with Crippen LogP contribution in [0.4, 0.5) is 0 Å². The highest BCUT2D eigenvalue weighted by Crippen LogP contribution is 2.09. The van der Waals surface area contributed by atoms with E-state index in [1.165, 1.54) is 0 Å². The Morgan fingerprint density at radius 2 is 2.50 bits per heavy atom. The van der Waals surface area contributed by atoms with Crippen molar-refractivity contribution < 1.29 is 9.90 Å². The molecule has 78 valence electrons. The molecule has 1 atom stereocenters. The highest BCUT2D eigenvalue weighted by atomic mass is 16.4. The van der Waals surface area contributed by atoms with Crippen LogP contribution in [-0.4, -0.2) is 32.6 Å². The van der Waals surface area contributed by atoms with E-state index in [9.17, 15) is 4.79 Å². The molecule has 0 saturated carbocycles. The number of aliphatic carboxylic acids is 1. The van der Waals surface area contributed by atoms with Gasteiger partial charge in [0.1, 0.15) is 0 Å². The number of carbonyl (C=O) groups is 1. The summed E-state index contributed by atoms with van der Waals surface area (Å²) in [6.07, 6.45) is 2.57. The lowest BCUT2D eigenvalue weighted by Gasteiger charge is -2.07. The molecule has 0 saturated heterocycles. The van der Waals surface area contributed by atoms with Crippen LogP contribution in [0.15, 0.2) is 6.20 Å². The zero-order valence-electron chi connectivity index (χ0n) is 8.05. The Bertz CT molecular complexity index is 310. The zero-order chi connectivity index (χ0) is 10.6. The molecule has 6 nitrogen and oxygen atoms in total. The van der Waals surface area contributed by atoms with Crippen LogP contribution in [0.1, 0.15) is 12.1 Å². The summed E-state index contributed by atoms with van der Waals surface area (Å²) in [5.41, 5.74) is 6.01. The lowest BCUT2D eigenvalue weighted by molar-refractivity contribution is -0.141. The number of nitrogens with two attached hydrogens (primary N) is 1. The molecular weight excluding hydrogens is 184 g/mol. The normalized spacial score (nSPS) is 12.7. The van der Waals surface area contributed by atoms with Gasteiger partial charge in [0.25, 0.3) is 0 Å². The van der Waals surface area contributed by atoms with Crippen LogP contribution in [0, 0.1) is 5.92 Å². The minimum absolute atomic E-state index is 0.372. The molecule has 6 heteroatoms. The molecule has 0 bridgehead atoms. The van der Waals surface area contributed by atoms with Crippen LogP contribution in [-0.2, 0) is 18.3 Å². The first-order chi connectivity index (χ1) is 6.63. The van der Waals surface area contributed by atoms with Crippen molar-refractivity contribution in [2.75, 3.05) is 6.54 Å². The lowest BCUT2D eigenvalue weighted by atomic mass is 10.0. The van der Waals surface area contributed by atoms with Crippen molar-refractivity contribution in [2.24, 2.45) is 18.7 Å². The molecule has 0 radical (unpaired) electrons. The number of hydrogen-bond acceptors (Lipinski definition) is 4. The zero-order valence-corrected chi connectivity index (χ0v) is 8.05. The van der Waals surface area contributed by atoms with Gasteiger partial charge in [0.2, 0.25) is 0 Å². The molecule has 0 aliphatic rings. The van der Waals surface area contributed by atoms with E-state index in [4.69, 9.17) is 10.8 Å². The summed E-state index contributed by atoms with van der Waals surface area (Å²) in [7, 11) is 1.75. The quantitative estimate of drug-likeness (QED) is 0.659. The summed E-state index contributed by atoms with van der Waals surface area (Å²) >= 11 is 0. The molecule has 3 N–H and O–H groups in total. The Kier molecular flexibility index (Phi) is 3.58. The van der Waals surface area contributed by atoms with Crippen LogP contribution < -0.4 is 5.73 Å². The number of aryl methyl sites for hydroxylation is 1. The number of rotatable bonds is 5. The van der Waals surface area contributed by atoms with Gasteiger partial charge in [-0.05, 0) is 13.0 Å². The topological polar surface area (TPSA) is 94.0 Å². The Morgan fingerprint density at radius 3 is 2.93 bits per heavy atom. The number of carboxylic acids is 1. The predicted octanol–water partition coefficient (Wildman–Crippen LogP) is -0.593. The van der Waals surface area contributed by atoms with Crippen LogP contribution in [0.3, 0.4) is 0 Å². The average Bonchev–Trinajstić information content (AvgIpc) is 2.50. The van der Waals surface area contributed by atoms with Gasteiger partial charge in [-0.15, -0.1) is 5.10 Å². The van der Waals surface area contributed by atoms with Crippen molar-refractivity contribution in [3.05, 3.63) is 11.9 Å². The fraction of sp³-hybridized carbons (Fsp3) is 0.625. The van der Waals surface area contributed by atoms with Crippen LogP contribution in [0.25, 0.3) is 0 Å². The van der Waals surface area contributed by atoms with E-state index in [0.29, 0.717) is 25.1 Å². The maximum absolute atomic E-state index is 10.8. The van der Waals surface area contributed by atoms with Gasteiger partial charge in [0.15, 0.2) is 0 Å². The average molecular weight is 198 g/mol. The van der Waals surface area contributed by atoms with Gasteiger partial charge in [-0.25, -0.2) is 0 Å². The van der Waals surface area contributed by atoms with Crippen LogP contribution in [0.5, 0.6) is 0 Å². The molecule has 0 aliphatic carbocycles. The highest BCUT2D eigenvalue weighted by molar-refractivity contribution is 5.70. The molecule has 1 heterocycles. The molecular formula is C8H14N4O2. The Labute approximate surface area is 81.7 Å². The van der Waals surface area contributed by atoms with Gasteiger partial charge in [0.05, 0.1) is 11.6 Å². The molecule has 1 unspecified atom stereocenters. The van der Waals surface area contributed by atoms with Gasteiger partial charge in [-0.1, -0.05) is 5.21 Å². The third-order valence-electron chi connectivity index (χ3n) is 1.97. The Morgan fingerprint density at radius 1 is 1.79 bits per heavy atom. The lowest BCUT2D eigenvalue weighted by Crippen LogP contribution is -2.20. The van der Waals surface area contributed by atoms with Gasteiger partial charge in [-0.2, -0.15) is 0 Å². The van der Waals surface area contributed by atoms with E-state index >= 15 is 0 Å². The third kappa shape index (κ3) is 2.81. The standard InChI is InChI=1S/C8H14N4O2/c1-12-5-7(10-11-12)4-6(2-3-9)8(13)14/h5-6H,2-4,9H2,1H3,(H,13,14). The van der Waals surface area contributed by atoms with Gasteiger partial charge < -0.3 is 10.8 Å². The summed E-state index contributed by atoms with van der Waals surface area (Å²) in [5, 5.41) is 16.4. The predicted molar refractivity (Wildman–Crippen MR) is 49.5 cm³/mol. The maximum atomic E-state index is 10.8. The van der Waals surface area contributed by atoms with E-state index in [2.05, 4.69) is 10.3 Å². The smallest absolute Gasteiger partial charge is 0.306 e. The van der Waals surface area contributed by atoms with E-state index < -0.39 is 11.9 Å². The molecule has 0 aromatic carbocycles. The fourth-order valence-electron chi connectivity index (χ4n) is 1.26. The van der Waals surface area contributed by atoms with E-state index in [-0.39, 0.29) is 0 Å². The van der Waals surface area contributed by atoms with Crippen LogP contribution in [0.2, 0.25) is 0 Å². The number of hydrogen-bond donors (Lipinski definition) is 2. The van der Waals surface area contributed by atoms with Crippen molar-refractivity contribution in [1.82, 2.24) is 15.0 Å². The van der Waals surface area contributed by atoms with Crippen molar-refractivity contribution in [2.45, 2.75) is 12.8 Å². The summed E-state index contributed by atoms with van der Waals surface area (Å²) in [4.78, 5) is 10.8. The van der Waals surface area contributed by atoms with Crippen molar-refractivity contribution in [1.29, 1.82) is 0 Å². The third-order valence-corrected chi connectivity index (χ3v) is 1.97. The van der Waals surface area contributed by atoms with Crippen molar-refractivity contribution in [3.63, 3.8) is 0 Å². The maximum Gasteiger partial charge on any atom is 0.306 e. The Hall–Kier alpha value is -1.43. The second-order valence-corrected chi connectivity index (χ2v) is 3.20. The molecule has 0 amide bonds. The molecule has 1 aromatic rings. The first kappa shape index (κ1) is 10.6. The fourth-order valence-corrected chi connectivity index (χ4v) is 1.26. The van der Waals surface area contributed by atoms with Crippen LogP contribution >= 0.6 is 0 Å². The molecule has 0 fully saturated rings. The second kappa shape index (κ2) is 4.71. The summed E-state index contributed by atoms with van der Waals surface area (Å²) < 4.78 is 1.55.